The van der Waals surface area contributed by atoms with E-state index in [0.717, 1.165) is 11.1 Å². The Labute approximate surface area is 208 Å². The van der Waals surface area contributed by atoms with Crippen molar-refractivity contribution in [3.8, 4) is 11.4 Å². The Hall–Kier alpha value is -4.43. The Morgan fingerprint density at radius 3 is 2.43 bits per heavy atom. The molecule has 1 saturated heterocycles. The highest BCUT2D eigenvalue weighted by molar-refractivity contribution is 6.06. The molecule has 0 bridgehead atoms. The Balaban J connectivity index is 1.48. The molecule has 12 nitrogen and oxygen atoms in total. The summed E-state index contributed by atoms with van der Waals surface area (Å²) >= 11 is 0. The van der Waals surface area contributed by atoms with Gasteiger partial charge < -0.3 is 15.1 Å². The molecule has 37 heavy (non-hydrogen) atoms. The summed E-state index contributed by atoms with van der Waals surface area (Å²) in [4.78, 5) is 69.2. The second kappa shape index (κ2) is 9.55. The van der Waals surface area contributed by atoms with Gasteiger partial charge in [-0.15, -0.1) is 0 Å². The summed E-state index contributed by atoms with van der Waals surface area (Å²) in [5, 5.41) is 2.57. The summed E-state index contributed by atoms with van der Waals surface area (Å²) in [6.07, 6.45) is -3.96. The third-order valence-electron chi connectivity index (χ3n) is 5.72. The van der Waals surface area contributed by atoms with Crippen molar-refractivity contribution >= 4 is 35.3 Å². The molecule has 0 radical (unpaired) electrons. The van der Waals surface area contributed by atoms with Crippen LogP contribution in [0.2, 0.25) is 0 Å². The van der Waals surface area contributed by atoms with E-state index in [1.807, 2.05) is 0 Å². The van der Waals surface area contributed by atoms with Crippen molar-refractivity contribution in [1.82, 2.24) is 29.7 Å². The van der Waals surface area contributed by atoms with Gasteiger partial charge in [-0.2, -0.15) is 13.2 Å². The number of carbonyl (C=O) groups excluding carboxylic acids is 4. The van der Waals surface area contributed by atoms with E-state index in [4.69, 9.17) is 0 Å². The molecule has 0 saturated carbocycles. The lowest BCUT2D eigenvalue weighted by molar-refractivity contribution is -0.141. The third kappa shape index (κ3) is 5.10. The van der Waals surface area contributed by atoms with Crippen LogP contribution in [-0.2, 0) is 20.6 Å². The van der Waals surface area contributed by atoms with Crippen LogP contribution in [-0.4, -0.2) is 91.5 Å². The fourth-order valence-electron chi connectivity index (χ4n) is 3.99. The van der Waals surface area contributed by atoms with Gasteiger partial charge in [0.1, 0.15) is 17.3 Å². The zero-order valence-corrected chi connectivity index (χ0v) is 19.9. The number of aromatic nitrogens is 3. The number of amidine groups is 1. The Bertz CT molecular complexity index is 1300. The fourth-order valence-corrected chi connectivity index (χ4v) is 3.99. The lowest BCUT2D eigenvalue weighted by Gasteiger charge is -2.40. The van der Waals surface area contributed by atoms with Crippen LogP contribution in [0.3, 0.4) is 0 Å². The molecule has 2 aliphatic rings. The summed E-state index contributed by atoms with van der Waals surface area (Å²) in [5.41, 5.74) is -0.894. The first-order valence-corrected chi connectivity index (χ1v) is 10.9. The number of likely N-dealkylation sites (N-methyl/N-ethyl adjacent to an activating group) is 1. The number of Topliss-reactive ketones (excluding diaryl/α,β-unsaturated/α-hetero) is 1. The number of anilines is 1. The van der Waals surface area contributed by atoms with Gasteiger partial charge in [0.05, 0.1) is 37.0 Å². The largest absolute Gasteiger partial charge is 0.434 e. The van der Waals surface area contributed by atoms with Gasteiger partial charge in [-0.3, -0.25) is 24.3 Å². The fraction of sp³-hybridized carbons (Fsp3) is 0.364. The van der Waals surface area contributed by atoms with E-state index < -0.39 is 48.5 Å². The molecule has 15 heteroatoms. The number of carbonyl (C=O) groups is 4. The van der Waals surface area contributed by atoms with Gasteiger partial charge in [0.2, 0.25) is 5.91 Å². The smallest absolute Gasteiger partial charge is 0.336 e. The molecule has 0 aliphatic carbocycles. The van der Waals surface area contributed by atoms with Crippen molar-refractivity contribution in [3.63, 3.8) is 0 Å². The number of fused-ring (bicyclic) bond motifs is 1. The highest BCUT2D eigenvalue weighted by Gasteiger charge is 2.51. The number of hydrogen-bond donors (Lipinski definition) is 1. The average Bonchev–Trinajstić information content (AvgIpc) is 3.16. The Kier molecular flexibility index (Phi) is 6.62. The van der Waals surface area contributed by atoms with Crippen molar-refractivity contribution in [3.05, 3.63) is 36.3 Å². The molecule has 0 aromatic carbocycles. The standard InChI is InChI=1S/C22H21F3N8O4/c1-11(34)9-33-20(36)18-19(31(3)21(33)37)28-12(2)32(18)10-17(35)30-16-6-4-5-13(29-16)14-7-27-15(8-26-14)22(23,24)25/h4-8,18-19H,9-10H2,1-3H3,(H,29,30,35). The summed E-state index contributed by atoms with van der Waals surface area (Å²) in [7, 11) is 1.46. The van der Waals surface area contributed by atoms with Gasteiger partial charge in [-0.05, 0) is 26.0 Å². The number of alkyl halides is 3. The minimum absolute atomic E-state index is 0.0699. The quantitative estimate of drug-likeness (QED) is 0.605. The number of imide groups is 1. The van der Waals surface area contributed by atoms with Gasteiger partial charge in [-0.25, -0.2) is 19.8 Å². The molecule has 4 heterocycles. The molecular weight excluding hydrogens is 497 g/mol. The number of halogens is 3. The number of pyridine rings is 1. The summed E-state index contributed by atoms with van der Waals surface area (Å²) in [6.45, 7) is 2.14. The third-order valence-corrected chi connectivity index (χ3v) is 5.72. The van der Waals surface area contributed by atoms with Crippen LogP contribution in [0, 0.1) is 0 Å². The van der Waals surface area contributed by atoms with Gasteiger partial charge in [0.15, 0.2) is 17.9 Å². The van der Waals surface area contributed by atoms with Crippen LogP contribution >= 0.6 is 0 Å². The molecule has 2 aliphatic heterocycles. The monoisotopic (exact) mass is 518 g/mol. The van der Waals surface area contributed by atoms with E-state index in [2.05, 4.69) is 25.3 Å². The maximum Gasteiger partial charge on any atom is 0.434 e. The second-order valence-electron chi connectivity index (χ2n) is 8.42. The number of urea groups is 1. The molecule has 4 rings (SSSR count). The van der Waals surface area contributed by atoms with Crippen LogP contribution in [0.25, 0.3) is 11.4 Å². The van der Waals surface area contributed by atoms with Crippen molar-refractivity contribution in [2.45, 2.75) is 32.2 Å². The minimum Gasteiger partial charge on any atom is -0.336 e. The summed E-state index contributed by atoms with van der Waals surface area (Å²) in [5.74, 6) is -1.14. The molecule has 2 unspecified atom stereocenters. The van der Waals surface area contributed by atoms with Crippen molar-refractivity contribution < 1.29 is 32.3 Å². The SMILES string of the molecule is CC(=O)CN1C(=O)C2C(N=C(C)N2CC(=O)Nc2cccc(-c3cnc(C(F)(F)F)cn3)n2)N(C)C1=O. The van der Waals surface area contributed by atoms with Gasteiger partial charge in [0.25, 0.3) is 5.91 Å². The van der Waals surface area contributed by atoms with Crippen LogP contribution < -0.4 is 5.32 Å². The molecule has 4 amide bonds. The van der Waals surface area contributed by atoms with Crippen LogP contribution in [0.5, 0.6) is 0 Å². The maximum atomic E-state index is 13.1. The van der Waals surface area contributed by atoms with E-state index in [9.17, 15) is 32.3 Å². The molecule has 2 aromatic heterocycles. The molecular formula is C22H21F3N8O4. The highest BCUT2D eigenvalue weighted by atomic mass is 19.4. The number of nitrogens with one attached hydrogen (secondary N) is 1. The van der Waals surface area contributed by atoms with Crippen LogP contribution in [0.15, 0.2) is 35.6 Å². The van der Waals surface area contributed by atoms with Gasteiger partial charge in [-0.1, -0.05) is 6.07 Å². The van der Waals surface area contributed by atoms with Crippen LogP contribution in [0.1, 0.15) is 19.5 Å². The maximum absolute atomic E-state index is 13.1. The van der Waals surface area contributed by atoms with E-state index >= 15 is 0 Å². The minimum atomic E-state index is -4.63. The van der Waals surface area contributed by atoms with Gasteiger partial charge >= 0.3 is 12.2 Å². The Morgan fingerprint density at radius 2 is 1.81 bits per heavy atom. The van der Waals surface area contributed by atoms with E-state index in [-0.39, 0.29) is 29.5 Å². The second-order valence-corrected chi connectivity index (χ2v) is 8.42. The van der Waals surface area contributed by atoms with Crippen molar-refractivity contribution in [2.24, 2.45) is 4.99 Å². The number of hydrogen-bond acceptors (Lipinski definition) is 9. The summed E-state index contributed by atoms with van der Waals surface area (Å²) < 4.78 is 38.2. The normalized spacial score (nSPS) is 19.6. The number of ketones is 1. The summed E-state index contributed by atoms with van der Waals surface area (Å²) in [6, 6.07) is 2.85. The molecule has 2 atom stereocenters. The lowest BCUT2D eigenvalue weighted by atomic mass is 10.1. The number of nitrogens with zero attached hydrogens (tertiary/aromatic N) is 7. The van der Waals surface area contributed by atoms with Gasteiger partial charge in [0, 0.05) is 7.05 Å². The average molecular weight is 518 g/mol. The Morgan fingerprint density at radius 1 is 1.08 bits per heavy atom. The predicted octanol–water partition coefficient (Wildman–Crippen LogP) is 1.41. The van der Waals surface area contributed by atoms with Crippen molar-refractivity contribution in [1.29, 1.82) is 0 Å². The zero-order valence-electron chi connectivity index (χ0n) is 19.9. The highest BCUT2D eigenvalue weighted by Crippen LogP contribution is 2.29. The molecule has 194 valence electrons. The first-order chi connectivity index (χ1) is 17.4. The molecule has 1 fully saturated rings. The van der Waals surface area contributed by atoms with Crippen LogP contribution in [0.4, 0.5) is 23.8 Å². The van der Waals surface area contributed by atoms with E-state index in [0.29, 0.717) is 12.0 Å². The van der Waals surface area contributed by atoms with E-state index in [1.165, 1.54) is 42.0 Å². The first kappa shape index (κ1) is 25.7. The number of aliphatic imine (C=N–C) groups is 1. The number of amides is 4. The zero-order chi connectivity index (χ0) is 27.1. The molecule has 0 spiro atoms. The van der Waals surface area contributed by atoms with E-state index in [1.54, 1.807) is 6.92 Å². The molecule has 2 aromatic rings. The molecule has 1 N–H and O–H groups in total. The van der Waals surface area contributed by atoms with Crippen molar-refractivity contribution in [2.75, 3.05) is 25.5 Å². The first-order valence-electron chi connectivity index (χ1n) is 10.9. The topological polar surface area (TPSA) is 141 Å². The lowest BCUT2D eigenvalue weighted by Crippen LogP contribution is -2.66. The number of rotatable bonds is 6. The predicted molar refractivity (Wildman–Crippen MR) is 122 cm³/mol.